The third kappa shape index (κ3) is 7.56. The fourth-order valence-corrected chi connectivity index (χ4v) is 1.56. The summed E-state index contributed by atoms with van der Waals surface area (Å²) in [5, 5.41) is 20.8. The van der Waals surface area contributed by atoms with Gasteiger partial charge >= 0.3 is 5.97 Å². The minimum Gasteiger partial charge on any atom is -0.480 e. The number of aliphatic hydroxyl groups excluding tert-OH is 1. The molecule has 0 bridgehead atoms. The topological polar surface area (TPSA) is 104 Å². The molecule has 0 radical (unpaired) electrons. The first-order valence-electron chi connectivity index (χ1n) is 6.50. The molecule has 0 saturated heterocycles. The number of ketones is 1. The maximum Gasteiger partial charge on any atom is 0.326 e. The molecule has 0 saturated carbocycles. The molecule has 0 spiro atoms. The van der Waals surface area contributed by atoms with E-state index >= 15 is 0 Å². The van der Waals surface area contributed by atoms with Crippen LogP contribution in [0.4, 0.5) is 0 Å². The summed E-state index contributed by atoms with van der Waals surface area (Å²) in [5.74, 6) is -1.83. The van der Waals surface area contributed by atoms with Crippen molar-refractivity contribution < 1.29 is 24.6 Å². The Bertz CT molecular complexity index is 327. The third-order valence-electron chi connectivity index (χ3n) is 2.72. The largest absolute Gasteiger partial charge is 0.480 e. The minimum absolute atomic E-state index is 0.0438. The number of carboxylic acids is 1. The first kappa shape index (κ1) is 17.6. The van der Waals surface area contributed by atoms with Crippen molar-refractivity contribution >= 4 is 17.7 Å². The molecule has 0 heterocycles. The van der Waals surface area contributed by atoms with E-state index in [-0.39, 0.29) is 31.0 Å². The lowest BCUT2D eigenvalue weighted by molar-refractivity contribution is -0.143. The summed E-state index contributed by atoms with van der Waals surface area (Å²) in [5.41, 5.74) is 0. The average Bonchev–Trinajstić information content (AvgIpc) is 2.32. The van der Waals surface area contributed by atoms with Crippen LogP contribution < -0.4 is 5.32 Å². The summed E-state index contributed by atoms with van der Waals surface area (Å²) in [6.45, 7) is 5.40. The standard InChI is InChI=1S/C13H23NO5/c1-4-9(15)5-6-10(13(18)19)14-12(17)11(16)7-8(2)3/h8,10-11,16H,4-7H2,1-3H3,(H,14,17)(H,18,19)/t10-,11+/m0/s1. The molecule has 19 heavy (non-hydrogen) atoms. The van der Waals surface area contributed by atoms with Gasteiger partial charge in [-0.25, -0.2) is 4.79 Å². The molecule has 3 N–H and O–H groups in total. The van der Waals surface area contributed by atoms with Gasteiger partial charge in [-0.3, -0.25) is 9.59 Å². The molecule has 0 aliphatic heterocycles. The minimum atomic E-state index is -1.22. The molecule has 0 aromatic rings. The van der Waals surface area contributed by atoms with Gasteiger partial charge in [0.05, 0.1) is 0 Å². The Kier molecular flexibility index (Phi) is 7.98. The summed E-state index contributed by atoms with van der Waals surface area (Å²) in [6, 6.07) is -1.13. The number of hydrogen-bond donors (Lipinski definition) is 3. The van der Waals surface area contributed by atoms with Crippen molar-refractivity contribution in [3.8, 4) is 0 Å². The first-order chi connectivity index (χ1) is 8.77. The quantitative estimate of drug-likeness (QED) is 0.574. The number of carbonyl (C=O) groups excluding carboxylic acids is 2. The van der Waals surface area contributed by atoms with Crippen molar-refractivity contribution in [1.29, 1.82) is 0 Å². The molecule has 0 aliphatic rings. The Morgan fingerprint density at radius 3 is 2.21 bits per heavy atom. The maximum absolute atomic E-state index is 11.6. The number of rotatable bonds is 9. The van der Waals surface area contributed by atoms with Gasteiger partial charge in [-0.1, -0.05) is 20.8 Å². The highest BCUT2D eigenvalue weighted by Crippen LogP contribution is 2.06. The number of carbonyl (C=O) groups is 3. The smallest absolute Gasteiger partial charge is 0.326 e. The van der Waals surface area contributed by atoms with Crippen molar-refractivity contribution in [3.05, 3.63) is 0 Å². The van der Waals surface area contributed by atoms with Crippen molar-refractivity contribution in [2.45, 2.75) is 58.6 Å². The Morgan fingerprint density at radius 1 is 1.21 bits per heavy atom. The highest BCUT2D eigenvalue weighted by atomic mass is 16.4. The summed E-state index contributed by atoms with van der Waals surface area (Å²) < 4.78 is 0. The van der Waals surface area contributed by atoms with Crippen molar-refractivity contribution in [1.82, 2.24) is 5.32 Å². The Morgan fingerprint density at radius 2 is 1.79 bits per heavy atom. The van der Waals surface area contributed by atoms with E-state index in [1.807, 2.05) is 13.8 Å². The van der Waals surface area contributed by atoms with Crippen LogP contribution in [0.3, 0.4) is 0 Å². The van der Waals surface area contributed by atoms with Crippen LogP contribution in [0, 0.1) is 5.92 Å². The summed E-state index contributed by atoms with van der Waals surface area (Å²) in [6.07, 6.45) is -0.456. The van der Waals surface area contributed by atoms with Gasteiger partial charge in [-0.2, -0.15) is 0 Å². The molecule has 110 valence electrons. The van der Waals surface area contributed by atoms with E-state index in [2.05, 4.69) is 5.32 Å². The molecule has 2 atom stereocenters. The van der Waals surface area contributed by atoms with Gasteiger partial charge in [0.2, 0.25) is 5.91 Å². The van der Waals surface area contributed by atoms with Gasteiger partial charge in [-0.15, -0.1) is 0 Å². The fourth-order valence-electron chi connectivity index (χ4n) is 1.56. The lowest BCUT2D eigenvalue weighted by Gasteiger charge is -2.18. The van der Waals surface area contributed by atoms with Crippen LogP contribution >= 0.6 is 0 Å². The third-order valence-corrected chi connectivity index (χ3v) is 2.72. The second kappa shape index (κ2) is 8.63. The van der Waals surface area contributed by atoms with E-state index in [1.165, 1.54) is 0 Å². The van der Waals surface area contributed by atoms with Crippen LogP contribution in [0.5, 0.6) is 0 Å². The highest BCUT2D eigenvalue weighted by molar-refractivity contribution is 5.86. The molecule has 6 nitrogen and oxygen atoms in total. The van der Waals surface area contributed by atoms with Crippen LogP contribution in [0.1, 0.15) is 46.5 Å². The number of aliphatic hydroxyl groups is 1. The molecule has 0 aromatic carbocycles. The number of amides is 1. The van der Waals surface area contributed by atoms with E-state index < -0.39 is 24.0 Å². The van der Waals surface area contributed by atoms with Gasteiger partial charge in [-0.05, 0) is 18.8 Å². The van der Waals surface area contributed by atoms with E-state index in [0.29, 0.717) is 6.42 Å². The molecule has 0 aromatic heterocycles. The van der Waals surface area contributed by atoms with E-state index in [0.717, 1.165) is 0 Å². The lowest BCUT2D eigenvalue weighted by atomic mass is 10.0. The second-order valence-electron chi connectivity index (χ2n) is 4.98. The van der Waals surface area contributed by atoms with Crippen LogP contribution in [0.2, 0.25) is 0 Å². The van der Waals surface area contributed by atoms with Crippen LogP contribution in [0.15, 0.2) is 0 Å². The van der Waals surface area contributed by atoms with Gasteiger partial charge in [0, 0.05) is 12.8 Å². The van der Waals surface area contributed by atoms with Crippen molar-refractivity contribution in [3.63, 3.8) is 0 Å². The van der Waals surface area contributed by atoms with Gasteiger partial charge < -0.3 is 15.5 Å². The summed E-state index contributed by atoms with van der Waals surface area (Å²) in [4.78, 5) is 33.7. The number of carboxylic acid groups (broad SMARTS) is 1. The Hall–Kier alpha value is -1.43. The lowest BCUT2D eigenvalue weighted by Crippen LogP contribution is -2.46. The highest BCUT2D eigenvalue weighted by Gasteiger charge is 2.24. The molecule has 0 fully saturated rings. The Balaban J connectivity index is 4.37. The molecule has 6 heteroatoms. The fraction of sp³-hybridized carbons (Fsp3) is 0.769. The average molecular weight is 273 g/mol. The Labute approximate surface area is 113 Å². The van der Waals surface area contributed by atoms with Crippen molar-refractivity contribution in [2.75, 3.05) is 0 Å². The normalized spacial score (nSPS) is 13.9. The number of aliphatic carboxylic acids is 1. The molecule has 0 rings (SSSR count). The van der Waals surface area contributed by atoms with Crippen LogP contribution in [-0.4, -0.2) is 40.0 Å². The maximum atomic E-state index is 11.6. The molecule has 0 unspecified atom stereocenters. The van der Waals surface area contributed by atoms with E-state index in [1.54, 1.807) is 6.92 Å². The zero-order chi connectivity index (χ0) is 15.0. The van der Waals surface area contributed by atoms with E-state index in [9.17, 15) is 19.5 Å². The molecule has 1 amide bonds. The monoisotopic (exact) mass is 273 g/mol. The zero-order valence-corrected chi connectivity index (χ0v) is 11.7. The van der Waals surface area contributed by atoms with Crippen molar-refractivity contribution in [2.24, 2.45) is 5.92 Å². The van der Waals surface area contributed by atoms with Crippen LogP contribution in [0.25, 0.3) is 0 Å². The number of hydrogen-bond acceptors (Lipinski definition) is 4. The summed E-state index contributed by atoms with van der Waals surface area (Å²) >= 11 is 0. The molecular weight excluding hydrogens is 250 g/mol. The zero-order valence-electron chi connectivity index (χ0n) is 11.7. The predicted molar refractivity (Wildman–Crippen MR) is 69.6 cm³/mol. The van der Waals surface area contributed by atoms with Gasteiger partial charge in [0.25, 0.3) is 0 Å². The number of Topliss-reactive ketones (excluding diaryl/α,β-unsaturated/α-hetero) is 1. The van der Waals surface area contributed by atoms with Gasteiger partial charge in [0.15, 0.2) is 0 Å². The molecule has 0 aliphatic carbocycles. The second-order valence-corrected chi connectivity index (χ2v) is 4.98. The van der Waals surface area contributed by atoms with Crippen LogP contribution in [-0.2, 0) is 14.4 Å². The predicted octanol–water partition coefficient (Wildman–Crippen LogP) is 0.722. The SMILES string of the molecule is CCC(=O)CC[C@H](NC(=O)[C@H](O)CC(C)C)C(=O)O. The molecular formula is C13H23NO5. The van der Waals surface area contributed by atoms with Gasteiger partial charge in [0.1, 0.15) is 17.9 Å². The van der Waals surface area contributed by atoms with E-state index in [4.69, 9.17) is 5.11 Å². The first-order valence-corrected chi connectivity index (χ1v) is 6.50. The summed E-state index contributed by atoms with van der Waals surface area (Å²) in [7, 11) is 0. The number of nitrogens with one attached hydrogen (secondary N) is 1.